The lowest BCUT2D eigenvalue weighted by atomic mass is 10.4. The van der Waals surface area contributed by atoms with Crippen molar-refractivity contribution in [2.24, 2.45) is 5.90 Å². The zero-order valence-corrected chi connectivity index (χ0v) is 6.03. The van der Waals surface area contributed by atoms with Crippen molar-refractivity contribution in [2.75, 3.05) is 7.11 Å². The van der Waals surface area contributed by atoms with Crippen molar-refractivity contribution in [3.05, 3.63) is 24.2 Å². The summed E-state index contributed by atoms with van der Waals surface area (Å²) in [6.07, 6.45) is 0.950. The average molecular weight is 159 g/mol. The van der Waals surface area contributed by atoms with Crippen LogP contribution in [0, 0.1) is 0 Å². The first-order valence-electron chi connectivity index (χ1n) is 2.66. The highest BCUT2D eigenvalue weighted by atomic mass is 16.6. The third kappa shape index (κ3) is 3.27. The average Bonchev–Trinajstić information content (AvgIpc) is 1.98. The van der Waals surface area contributed by atoms with E-state index in [-0.39, 0.29) is 11.5 Å². The number of carbonyl (C=O) groups excluding carboxylic acids is 1. The second kappa shape index (κ2) is 4.35. The molecule has 0 aliphatic carbocycles. The van der Waals surface area contributed by atoms with Crippen LogP contribution in [0.1, 0.15) is 0 Å². The number of aliphatic hydroxyl groups excluding tert-OH is 1. The maximum absolute atomic E-state index is 10.6. The van der Waals surface area contributed by atoms with Gasteiger partial charge in [0.2, 0.25) is 5.76 Å². The Morgan fingerprint density at radius 3 is 2.55 bits per heavy atom. The van der Waals surface area contributed by atoms with Gasteiger partial charge in [0.1, 0.15) is 5.76 Å². The first kappa shape index (κ1) is 9.51. The molecule has 0 saturated carbocycles. The molecule has 0 aliphatic rings. The number of allylic oxidation sites excluding steroid dienone is 1. The van der Waals surface area contributed by atoms with Gasteiger partial charge >= 0.3 is 5.97 Å². The van der Waals surface area contributed by atoms with E-state index < -0.39 is 5.97 Å². The molecule has 0 aromatic carbocycles. The first-order chi connectivity index (χ1) is 5.11. The molecule has 0 saturated heterocycles. The van der Waals surface area contributed by atoms with Gasteiger partial charge in [0.05, 0.1) is 7.11 Å². The number of esters is 1. The van der Waals surface area contributed by atoms with E-state index >= 15 is 0 Å². The van der Waals surface area contributed by atoms with Gasteiger partial charge in [-0.2, -0.15) is 5.90 Å². The monoisotopic (exact) mass is 159 g/mol. The summed E-state index contributed by atoms with van der Waals surface area (Å²) in [5.74, 6) is 3.26. The largest absolute Gasteiger partial charge is 0.508 e. The van der Waals surface area contributed by atoms with Crippen LogP contribution < -0.4 is 5.90 Å². The fourth-order valence-electron chi connectivity index (χ4n) is 0.393. The molecule has 3 N–H and O–H groups in total. The fourth-order valence-corrected chi connectivity index (χ4v) is 0.393. The number of rotatable bonds is 3. The number of hydrogen-bond acceptors (Lipinski definition) is 5. The summed E-state index contributed by atoms with van der Waals surface area (Å²) >= 11 is 0. The lowest BCUT2D eigenvalue weighted by Gasteiger charge is -2.00. The van der Waals surface area contributed by atoms with Crippen molar-refractivity contribution in [3.63, 3.8) is 0 Å². The molecular weight excluding hydrogens is 150 g/mol. The Hall–Kier alpha value is -1.49. The molecule has 5 nitrogen and oxygen atoms in total. The molecule has 62 valence electrons. The summed E-state index contributed by atoms with van der Waals surface area (Å²) in [5, 5.41) is 8.58. The fraction of sp³-hybridized carbons (Fsp3) is 0.167. The van der Waals surface area contributed by atoms with E-state index in [1.165, 1.54) is 0 Å². The first-order valence-corrected chi connectivity index (χ1v) is 2.66. The van der Waals surface area contributed by atoms with Crippen molar-refractivity contribution < 1.29 is 19.5 Å². The maximum Gasteiger partial charge on any atom is 0.376 e. The minimum absolute atomic E-state index is 0.306. The Morgan fingerprint density at radius 1 is 1.73 bits per heavy atom. The molecule has 0 heterocycles. The zero-order valence-electron chi connectivity index (χ0n) is 6.03. The molecule has 0 amide bonds. The van der Waals surface area contributed by atoms with E-state index in [1.807, 2.05) is 0 Å². The molecule has 0 atom stereocenters. The van der Waals surface area contributed by atoms with Crippen LogP contribution >= 0.6 is 0 Å². The predicted octanol–water partition coefficient (Wildman–Crippen LogP) is 0.00530. The van der Waals surface area contributed by atoms with Gasteiger partial charge in [0, 0.05) is 6.08 Å². The molecule has 0 fully saturated rings. The number of methoxy groups -OCH3 is 1. The minimum Gasteiger partial charge on any atom is -0.508 e. The van der Waals surface area contributed by atoms with E-state index in [0.717, 1.165) is 13.2 Å². The van der Waals surface area contributed by atoms with E-state index in [9.17, 15) is 4.79 Å². The van der Waals surface area contributed by atoms with Crippen LogP contribution in [0.5, 0.6) is 0 Å². The maximum atomic E-state index is 10.6. The third-order valence-electron chi connectivity index (χ3n) is 0.811. The van der Waals surface area contributed by atoms with Gasteiger partial charge in [-0.3, -0.25) is 0 Å². The quantitative estimate of drug-likeness (QED) is 0.199. The van der Waals surface area contributed by atoms with Gasteiger partial charge in [-0.25, -0.2) is 4.79 Å². The molecule has 5 heteroatoms. The molecule has 11 heavy (non-hydrogen) atoms. The molecule has 0 bridgehead atoms. The molecule has 0 aliphatic heterocycles. The van der Waals surface area contributed by atoms with Crippen molar-refractivity contribution in [2.45, 2.75) is 0 Å². The lowest BCUT2D eigenvalue weighted by Crippen LogP contribution is -2.11. The van der Waals surface area contributed by atoms with Gasteiger partial charge in [-0.05, 0) is 0 Å². The molecule has 0 spiro atoms. The Morgan fingerprint density at radius 2 is 2.27 bits per heavy atom. The minimum atomic E-state index is -0.775. The summed E-state index contributed by atoms with van der Waals surface area (Å²) in [6, 6.07) is 0. The number of aliphatic hydroxyl groups is 1. The Balaban J connectivity index is 4.39. The highest BCUT2D eigenvalue weighted by Crippen LogP contribution is 1.99. The topological polar surface area (TPSA) is 81.8 Å². The molecular formula is C6H9NO4. The van der Waals surface area contributed by atoms with E-state index in [1.54, 1.807) is 0 Å². The summed E-state index contributed by atoms with van der Waals surface area (Å²) in [7, 11) is 1.16. The van der Waals surface area contributed by atoms with Crippen LogP contribution in [0.2, 0.25) is 0 Å². The summed E-state index contributed by atoms with van der Waals surface area (Å²) in [6.45, 7) is 3.10. The van der Waals surface area contributed by atoms with Gasteiger partial charge in [-0.1, -0.05) is 6.58 Å². The van der Waals surface area contributed by atoms with Crippen LogP contribution in [-0.4, -0.2) is 18.2 Å². The zero-order chi connectivity index (χ0) is 8.85. The Bertz CT molecular complexity index is 197. The van der Waals surface area contributed by atoms with Gasteiger partial charge in [-0.15, -0.1) is 0 Å². The highest BCUT2D eigenvalue weighted by Gasteiger charge is 2.09. The number of nitrogens with two attached hydrogens (primary N) is 1. The molecule has 0 aromatic rings. The summed E-state index contributed by atoms with van der Waals surface area (Å²) in [4.78, 5) is 14.7. The number of carbonyl (C=O) groups is 1. The number of ether oxygens (including phenoxy) is 1. The van der Waals surface area contributed by atoms with Crippen LogP contribution in [-0.2, 0) is 14.4 Å². The van der Waals surface area contributed by atoms with Gasteiger partial charge < -0.3 is 14.7 Å². The molecule has 0 radical (unpaired) electrons. The van der Waals surface area contributed by atoms with Crippen molar-refractivity contribution in [3.8, 4) is 0 Å². The Labute approximate surface area is 63.7 Å². The van der Waals surface area contributed by atoms with Gasteiger partial charge in [0.15, 0.2) is 0 Å². The van der Waals surface area contributed by atoms with Gasteiger partial charge in [0.25, 0.3) is 0 Å². The van der Waals surface area contributed by atoms with Crippen LogP contribution in [0.4, 0.5) is 0 Å². The second-order valence-corrected chi connectivity index (χ2v) is 1.61. The van der Waals surface area contributed by atoms with E-state index in [2.05, 4.69) is 22.1 Å². The second-order valence-electron chi connectivity index (χ2n) is 1.61. The standard InChI is InChI=1S/C6H9NO4/c1-4(8)3-5(11-7)6(9)10-2/h3,8H,1,7H2,2H3/b5-3-. The van der Waals surface area contributed by atoms with Crippen molar-refractivity contribution in [1.29, 1.82) is 0 Å². The molecule has 0 aromatic heterocycles. The third-order valence-corrected chi connectivity index (χ3v) is 0.811. The summed E-state index contributed by atoms with van der Waals surface area (Å²) < 4.78 is 4.24. The number of hydrogen-bond donors (Lipinski definition) is 2. The van der Waals surface area contributed by atoms with E-state index in [0.29, 0.717) is 0 Å². The van der Waals surface area contributed by atoms with Crippen molar-refractivity contribution >= 4 is 5.97 Å². The van der Waals surface area contributed by atoms with Crippen LogP contribution in [0.15, 0.2) is 24.2 Å². The van der Waals surface area contributed by atoms with Crippen LogP contribution in [0.3, 0.4) is 0 Å². The highest BCUT2D eigenvalue weighted by molar-refractivity contribution is 5.86. The smallest absolute Gasteiger partial charge is 0.376 e. The van der Waals surface area contributed by atoms with Crippen molar-refractivity contribution in [1.82, 2.24) is 0 Å². The summed E-state index contributed by atoms with van der Waals surface area (Å²) in [5.41, 5.74) is 0. The molecule has 0 rings (SSSR count). The molecule has 0 unspecified atom stereocenters. The van der Waals surface area contributed by atoms with E-state index in [4.69, 9.17) is 5.11 Å². The Kier molecular flexibility index (Phi) is 3.76. The lowest BCUT2D eigenvalue weighted by molar-refractivity contribution is -0.140. The SMILES string of the molecule is C=C(O)/C=C(\ON)C(=O)OC. The van der Waals surface area contributed by atoms with Crippen LogP contribution in [0.25, 0.3) is 0 Å². The predicted molar refractivity (Wildman–Crippen MR) is 37.1 cm³/mol. The normalized spacial score (nSPS) is 10.5.